The first-order valence-corrected chi connectivity index (χ1v) is 28.6. The highest BCUT2D eigenvalue weighted by atomic mass is 16.5. The van der Waals surface area contributed by atoms with Crippen LogP contribution in [0.25, 0.3) is 46.1 Å². The predicted octanol–water partition coefficient (Wildman–Crippen LogP) is 7.52. The van der Waals surface area contributed by atoms with E-state index in [1.807, 2.05) is 55.1 Å². The van der Waals surface area contributed by atoms with Gasteiger partial charge < -0.3 is 63.3 Å². The van der Waals surface area contributed by atoms with Crippen molar-refractivity contribution in [2.24, 2.45) is 28.6 Å². The molecule has 6 atom stereocenters. The molecule has 0 saturated carbocycles. The number of aromatic nitrogens is 7. The standard InChI is InChI=1S/2C20H20N4O4.C15H19N3O2.C6H7NO3/c2*1-10-18(27-11(2)21-10)20-22-19(23-28-20)14-5-3-4-13-15(14)8-12-9-16(26)24(6-7-25)17(12)13;1-2-6-18-13(19)8-9-7-12-10(14(9)18)4-3-5-11(12)15(16)17-20;1-3-5(6(8)9)10-4(2)7-3/h2*3-5,12,17,25H,6-9H2,1-2H3;3-5,9,14,20H,2,6-8H2,1H3,(H2,16,17);1-2H3,(H,8,9). The van der Waals surface area contributed by atoms with Crippen LogP contribution in [0.1, 0.15) is 135 Å². The minimum atomic E-state index is -1.07. The molecule has 3 aliphatic carbocycles. The third kappa shape index (κ3) is 10.8. The largest absolute Gasteiger partial charge is 0.475 e. The number of amidine groups is 1. The zero-order valence-corrected chi connectivity index (χ0v) is 48.6. The van der Waals surface area contributed by atoms with E-state index >= 15 is 0 Å². The lowest BCUT2D eigenvalue weighted by Gasteiger charge is -2.24. The summed E-state index contributed by atoms with van der Waals surface area (Å²) in [6, 6.07) is 18.0. The zero-order chi connectivity index (χ0) is 60.8. The molecule has 6 unspecified atom stereocenters. The van der Waals surface area contributed by atoms with Gasteiger partial charge in [0.25, 0.3) is 11.8 Å². The maximum Gasteiger partial charge on any atom is 0.373 e. The van der Waals surface area contributed by atoms with Gasteiger partial charge in [0, 0.05) is 76.4 Å². The van der Waals surface area contributed by atoms with Crippen LogP contribution in [0.5, 0.6) is 0 Å². The summed E-state index contributed by atoms with van der Waals surface area (Å²) >= 11 is 0. The van der Waals surface area contributed by atoms with E-state index in [9.17, 15) is 29.4 Å². The van der Waals surface area contributed by atoms with E-state index in [4.69, 9.17) is 38.3 Å². The first kappa shape index (κ1) is 58.4. The molecule has 6 aliphatic rings. The Kier molecular flexibility index (Phi) is 16.3. The van der Waals surface area contributed by atoms with Crippen LogP contribution in [-0.4, -0.2) is 133 Å². The Hall–Kier alpha value is -9.36. The number of aryl methyl sites for hydroxylation is 6. The molecule has 6 N–H and O–H groups in total. The molecule has 3 aliphatic heterocycles. The Morgan fingerprint density at radius 1 is 0.570 bits per heavy atom. The molecule has 448 valence electrons. The molecule has 25 nitrogen and oxygen atoms in total. The molecule has 14 rings (SSSR count). The topological polar surface area (TPSA) is 353 Å². The van der Waals surface area contributed by atoms with Crippen molar-refractivity contribution >= 4 is 29.5 Å². The number of likely N-dealkylation sites (tertiary alicyclic amines) is 3. The Bertz CT molecular complexity index is 3760. The Morgan fingerprint density at radius 2 is 0.977 bits per heavy atom. The molecule has 3 amide bonds. The number of fused-ring (bicyclic) bond motifs is 9. The van der Waals surface area contributed by atoms with Crippen LogP contribution < -0.4 is 5.73 Å². The number of hydrogen-bond donors (Lipinski definition) is 5. The fourth-order valence-corrected chi connectivity index (χ4v) is 13.5. The smallest absolute Gasteiger partial charge is 0.373 e. The van der Waals surface area contributed by atoms with Crippen LogP contribution in [0.15, 0.2) is 82.1 Å². The lowest BCUT2D eigenvalue weighted by Crippen LogP contribution is -2.30. The third-order valence-electron chi connectivity index (χ3n) is 16.8. The summed E-state index contributed by atoms with van der Waals surface area (Å²) in [6.07, 6.45) is 4.99. The number of carboxylic acid groups (broad SMARTS) is 1. The van der Waals surface area contributed by atoms with Crippen molar-refractivity contribution in [1.82, 2.24) is 49.9 Å². The number of benzene rings is 3. The number of amides is 3. The van der Waals surface area contributed by atoms with Gasteiger partial charge in [-0.1, -0.05) is 77.0 Å². The zero-order valence-electron chi connectivity index (χ0n) is 48.6. The highest BCUT2D eigenvalue weighted by Gasteiger charge is 2.49. The SMILES string of the molecule is CCCN1C(=O)CC2Cc3c(/C(N)=N/O)cccc3C21.Cc1nc(C)c(-c2nc(-c3cccc4c3CC3CC(=O)N(CCO)C43)no2)o1.Cc1nc(C)c(-c2nc(-c3cccc4c3CC3CC(=O)N(CCO)C43)no2)o1.Cc1nc(C)c(C(=O)O)o1. The number of oxime groups is 1. The minimum Gasteiger partial charge on any atom is -0.475 e. The number of nitrogens with zero attached hydrogens (tertiary/aromatic N) is 11. The van der Waals surface area contributed by atoms with Crippen LogP contribution >= 0.6 is 0 Å². The van der Waals surface area contributed by atoms with Crippen LogP contribution in [0.4, 0.5) is 0 Å². The molecule has 0 radical (unpaired) electrons. The molecule has 25 heteroatoms. The van der Waals surface area contributed by atoms with Crippen molar-refractivity contribution in [3.63, 3.8) is 0 Å². The Morgan fingerprint density at radius 3 is 1.35 bits per heavy atom. The van der Waals surface area contributed by atoms with Crippen molar-refractivity contribution in [1.29, 1.82) is 0 Å². The highest BCUT2D eigenvalue weighted by Crippen LogP contribution is 2.51. The second-order valence-corrected chi connectivity index (χ2v) is 22.2. The summed E-state index contributed by atoms with van der Waals surface area (Å²) in [5, 5.41) is 47.5. The molecule has 5 aromatic heterocycles. The molecule has 3 saturated heterocycles. The van der Waals surface area contributed by atoms with E-state index in [0.717, 1.165) is 76.7 Å². The first-order chi connectivity index (χ1) is 41.4. The van der Waals surface area contributed by atoms with Gasteiger partial charge in [-0.05, 0) is 97.6 Å². The maximum atomic E-state index is 12.3. The average molecular weight is 1180 g/mol. The van der Waals surface area contributed by atoms with E-state index in [0.29, 0.717) is 108 Å². The minimum absolute atomic E-state index is 0.0140. The highest BCUT2D eigenvalue weighted by molar-refractivity contribution is 5.99. The Labute approximate surface area is 492 Å². The molecular formula is C61H66N12O13. The van der Waals surface area contributed by atoms with E-state index < -0.39 is 5.97 Å². The van der Waals surface area contributed by atoms with E-state index in [-0.39, 0.29) is 72.5 Å². The van der Waals surface area contributed by atoms with Gasteiger partial charge in [-0.2, -0.15) is 9.97 Å². The van der Waals surface area contributed by atoms with Crippen LogP contribution in [0, 0.1) is 59.3 Å². The van der Waals surface area contributed by atoms with Crippen molar-refractivity contribution < 1.29 is 62.0 Å². The van der Waals surface area contributed by atoms with Gasteiger partial charge in [-0.15, -0.1) is 0 Å². The molecule has 3 aromatic carbocycles. The predicted molar refractivity (Wildman–Crippen MR) is 305 cm³/mol. The number of β-amino-alcohol motifs (C(OH)–C–C–N with tert-alkyl or cyclic N) is 2. The number of carbonyl (C=O) groups excluding carboxylic acids is 3. The van der Waals surface area contributed by atoms with Gasteiger partial charge in [0.1, 0.15) is 0 Å². The maximum absolute atomic E-state index is 12.3. The molecule has 8 aromatic rings. The summed E-state index contributed by atoms with van der Waals surface area (Å²) in [5.41, 5.74) is 17.0. The lowest BCUT2D eigenvalue weighted by atomic mass is 10.0. The van der Waals surface area contributed by atoms with Gasteiger partial charge in [-0.25, -0.2) is 19.7 Å². The van der Waals surface area contributed by atoms with Crippen LogP contribution in [-0.2, 0) is 33.6 Å². The third-order valence-corrected chi connectivity index (χ3v) is 16.8. The fourth-order valence-electron chi connectivity index (χ4n) is 13.5. The molecule has 86 heavy (non-hydrogen) atoms. The quantitative estimate of drug-likeness (QED) is 0.0341. The summed E-state index contributed by atoms with van der Waals surface area (Å²) < 4.78 is 26.8. The summed E-state index contributed by atoms with van der Waals surface area (Å²) in [7, 11) is 0. The second-order valence-electron chi connectivity index (χ2n) is 22.2. The number of hydrogen-bond acceptors (Lipinski definition) is 20. The Balaban J connectivity index is 0.000000125. The monoisotopic (exact) mass is 1170 g/mol. The number of aromatic carboxylic acids is 1. The normalized spacial score (nSPS) is 20.4. The van der Waals surface area contributed by atoms with Crippen molar-refractivity contribution in [2.45, 2.75) is 112 Å². The molecule has 3 fully saturated rings. The molecule has 8 heterocycles. The summed E-state index contributed by atoms with van der Waals surface area (Å²) in [6.45, 7) is 14.0. The van der Waals surface area contributed by atoms with Gasteiger partial charge >= 0.3 is 5.97 Å². The van der Waals surface area contributed by atoms with E-state index in [1.165, 1.54) is 5.56 Å². The number of aliphatic hydroxyl groups excluding tert-OH is 2. The first-order valence-electron chi connectivity index (χ1n) is 28.6. The van der Waals surface area contributed by atoms with Crippen molar-refractivity contribution in [3.8, 4) is 46.1 Å². The van der Waals surface area contributed by atoms with E-state index in [2.05, 4.69) is 65.5 Å². The van der Waals surface area contributed by atoms with Gasteiger partial charge in [0.15, 0.2) is 23.5 Å². The lowest BCUT2D eigenvalue weighted by molar-refractivity contribution is -0.130. The van der Waals surface area contributed by atoms with Gasteiger partial charge in [0.2, 0.25) is 46.7 Å². The number of rotatable bonds is 12. The van der Waals surface area contributed by atoms with Gasteiger partial charge in [-0.3, -0.25) is 14.4 Å². The number of nitrogens with two attached hydrogens (primary N) is 1. The van der Waals surface area contributed by atoms with Crippen LogP contribution in [0.3, 0.4) is 0 Å². The number of aliphatic hydroxyl groups is 2. The average Bonchev–Trinajstić information content (AvgIpc) is 3.69. The summed E-state index contributed by atoms with van der Waals surface area (Å²) in [4.78, 5) is 73.9. The van der Waals surface area contributed by atoms with Crippen molar-refractivity contribution in [2.75, 3.05) is 32.8 Å². The molecule has 0 spiro atoms. The number of carbonyl (C=O) groups is 4. The number of oxazole rings is 3. The summed E-state index contributed by atoms with van der Waals surface area (Å²) in [5.74, 6) is 4.32. The molecular weight excluding hydrogens is 1110 g/mol. The molecule has 0 bridgehead atoms. The number of carboxylic acids is 1. The van der Waals surface area contributed by atoms with Crippen LogP contribution in [0.2, 0.25) is 0 Å². The van der Waals surface area contributed by atoms with E-state index in [1.54, 1.807) is 37.5 Å². The second kappa shape index (κ2) is 24.0. The van der Waals surface area contributed by atoms with Gasteiger partial charge in [0.05, 0.1) is 48.4 Å². The van der Waals surface area contributed by atoms with Crippen molar-refractivity contribution in [3.05, 3.63) is 134 Å². The fraction of sp³-hybridized carbons (Fsp3) is 0.410.